The van der Waals surface area contributed by atoms with E-state index in [0.717, 1.165) is 32.6 Å². The van der Waals surface area contributed by atoms with E-state index < -0.39 is 5.82 Å². The summed E-state index contributed by atoms with van der Waals surface area (Å²) in [6.07, 6.45) is 2.08. The van der Waals surface area contributed by atoms with Crippen LogP contribution in [0.5, 0.6) is 0 Å². The van der Waals surface area contributed by atoms with Crippen LogP contribution in [0.2, 0.25) is 0 Å². The first-order chi connectivity index (χ1) is 9.72. The van der Waals surface area contributed by atoms with E-state index in [2.05, 4.69) is 10.5 Å². The maximum Gasteiger partial charge on any atom is 0.173 e. The number of nitrogens with one attached hydrogen (secondary N) is 1. The third-order valence-electron chi connectivity index (χ3n) is 3.55. The Balaban J connectivity index is 1.92. The van der Waals surface area contributed by atoms with E-state index in [4.69, 9.17) is 15.7 Å². The summed E-state index contributed by atoms with van der Waals surface area (Å²) in [5.74, 6) is -0.0740. The second-order valence-electron chi connectivity index (χ2n) is 4.95. The molecule has 1 aliphatic rings. The van der Waals surface area contributed by atoms with Gasteiger partial charge in [-0.15, -0.1) is 0 Å². The lowest BCUT2D eigenvalue weighted by Gasteiger charge is -2.22. The standard InChI is InChI=1S/C14H20FN3O2/c15-13-11(2-1-3-12(13)14(16)18-19)9-17-8-10-4-6-20-7-5-10/h1-3,10,17,19H,4-9H2,(H2,16,18). The van der Waals surface area contributed by atoms with Gasteiger partial charge in [0.1, 0.15) is 5.82 Å². The Labute approximate surface area is 117 Å². The van der Waals surface area contributed by atoms with Gasteiger partial charge in [0.25, 0.3) is 0 Å². The van der Waals surface area contributed by atoms with Crippen LogP contribution in [0.1, 0.15) is 24.0 Å². The molecule has 1 aromatic rings. The highest BCUT2D eigenvalue weighted by Gasteiger charge is 2.14. The van der Waals surface area contributed by atoms with Crippen LogP contribution in [0.3, 0.4) is 0 Å². The minimum atomic E-state index is -0.442. The molecule has 1 aromatic carbocycles. The molecule has 0 spiro atoms. The molecule has 0 aliphatic carbocycles. The Kier molecular flexibility index (Phi) is 5.31. The molecule has 0 saturated carbocycles. The molecule has 1 saturated heterocycles. The van der Waals surface area contributed by atoms with Crippen molar-refractivity contribution in [1.82, 2.24) is 5.32 Å². The summed E-state index contributed by atoms with van der Waals surface area (Å²) < 4.78 is 19.4. The number of rotatable bonds is 5. The van der Waals surface area contributed by atoms with Gasteiger partial charge in [0.15, 0.2) is 5.84 Å². The van der Waals surface area contributed by atoms with Gasteiger partial charge in [0, 0.05) is 25.3 Å². The van der Waals surface area contributed by atoms with Gasteiger partial charge in [-0.3, -0.25) is 0 Å². The highest BCUT2D eigenvalue weighted by molar-refractivity contribution is 5.97. The Hall–Kier alpha value is -1.66. The molecule has 0 unspecified atom stereocenters. The molecular weight excluding hydrogens is 261 g/mol. The summed E-state index contributed by atoms with van der Waals surface area (Å²) in [7, 11) is 0. The van der Waals surface area contributed by atoms with Crippen molar-refractivity contribution in [1.29, 1.82) is 0 Å². The summed E-state index contributed by atoms with van der Waals surface area (Å²) in [5.41, 5.74) is 6.07. The fraction of sp³-hybridized carbons (Fsp3) is 0.500. The van der Waals surface area contributed by atoms with Gasteiger partial charge in [-0.25, -0.2) is 4.39 Å². The molecule has 1 aliphatic heterocycles. The average Bonchev–Trinajstić information content (AvgIpc) is 2.49. The highest BCUT2D eigenvalue weighted by Crippen LogP contribution is 2.15. The number of oxime groups is 1. The van der Waals surface area contributed by atoms with Crippen LogP contribution >= 0.6 is 0 Å². The number of halogens is 1. The van der Waals surface area contributed by atoms with Crippen molar-refractivity contribution < 1.29 is 14.3 Å². The number of hydrogen-bond donors (Lipinski definition) is 3. The van der Waals surface area contributed by atoms with E-state index in [0.29, 0.717) is 18.0 Å². The molecular formula is C14H20FN3O2. The minimum Gasteiger partial charge on any atom is -0.409 e. The molecule has 1 fully saturated rings. The van der Waals surface area contributed by atoms with E-state index in [-0.39, 0.29) is 11.4 Å². The van der Waals surface area contributed by atoms with Gasteiger partial charge in [-0.2, -0.15) is 0 Å². The van der Waals surface area contributed by atoms with Gasteiger partial charge in [-0.1, -0.05) is 17.3 Å². The smallest absolute Gasteiger partial charge is 0.173 e. The predicted molar refractivity (Wildman–Crippen MR) is 74.2 cm³/mol. The fourth-order valence-corrected chi connectivity index (χ4v) is 2.33. The topological polar surface area (TPSA) is 79.9 Å². The summed E-state index contributed by atoms with van der Waals surface area (Å²) in [6, 6.07) is 4.88. The third-order valence-corrected chi connectivity index (χ3v) is 3.55. The summed E-state index contributed by atoms with van der Waals surface area (Å²) in [4.78, 5) is 0. The molecule has 6 heteroatoms. The summed E-state index contributed by atoms with van der Waals surface area (Å²) in [5, 5.41) is 14.7. The van der Waals surface area contributed by atoms with Crippen LogP contribution in [-0.4, -0.2) is 30.8 Å². The predicted octanol–water partition coefficient (Wildman–Crippen LogP) is 1.44. The molecule has 2 rings (SSSR count). The Bertz CT molecular complexity index is 473. The lowest BCUT2D eigenvalue weighted by atomic mass is 10.0. The number of hydrogen-bond acceptors (Lipinski definition) is 4. The SMILES string of the molecule is N/C(=N/O)c1cccc(CNCC2CCOCC2)c1F. The van der Waals surface area contributed by atoms with Crippen molar-refractivity contribution in [3.63, 3.8) is 0 Å². The van der Waals surface area contributed by atoms with Crippen LogP contribution in [-0.2, 0) is 11.3 Å². The molecule has 0 aromatic heterocycles. The quantitative estimate of drug-likeness (QED) is 0.330. The average molecular weight is 281 g/mol. The van der Waals surface area contributed by atoms with Gasteiger partial charge in [0.2, 0.25) is 0 Å². The van der Waals surface area contributed by atoms with E-state index in [9.17, 15) is 4.39 Å². The van der Waals surface area contributed by atoms with E-state index >= 15 is 0 Å². The van der Waals surface area contributed by atoms with E-state index in [1.807, 2.05) is 0 Å². The second-order valence-corrected chi connectivity index (χ2v) is 4.95. The number of amidine groups is 1. The zero-order chi connectivity index (χ0) is 14.4. The van der Waals surface area contributed by atoms with E-state index in [1.165, 1.54) is 6.07 Å². The van der Waals surface area contributed by atoms with Gasteiger partial charge < -0.3 is 21.0 Å². The molecule has 5 nitrogen and oxygen atoms in total. The number of nitrogens with zero attached hydrogens (tertiary/aromatic N) is 1. The molecule has 0 amide bonds. The largest absolute Gasteiger partial charge is 0.409 e. The van der Waals surface area contributed by atoms with Crippen molar-refractivity contribution in [3.8, 4) is 0 Å². The van der Waals surface area contributed by atoms with Gasteiger partial charge >= 0.3 is 0 Å². The molecule has 0 atom stereocenters. The maximum absolute atomic E-state index is 14.1. The van der Waals surface area contributed by atoms with Crippen molar-refractivity contribution >= 4 is 5.84 Å². The fourth-order valence-electron chi connectivity index (χ4n) is 2.33. The maximum atomic E-state index is 14.1. The Morgan fingerprint density at radius 1 is 1.45 bits per heavy atom. The monoisotopic (exact) mass is 281 g/mol. The number of nitrogens with two attached hydrogens (primary N) is 1. The Morgan fingerprint density at radius 3 is 2.90 bits per heavy atom. The van der Waals surface area contributed by atoms with Crippen molar-refractivity contribution in [2.45, 2.75) is 19.4 Å². The van der Waals surface area contributed by atoms with Gasteiger partial charge in [0.05, 0.1) is 5.56 Å². The van der Waals surface area contributed by atoms with Crippen LogP contribution in [0.25, 0.3) is 0 Å². The molecule has 4 N–H and O–H groups in total. The lowest BCUT2D eigenvalue weighted by Crippen LogP contribution is -2.28. The zero-order valence-electron chi connectivity index (χ0n) is 11.3. The van der Waals surface area contributed by atoms with E-state index in [1.54, 1.807) is 12.1 Å². The normalized spacial score (nSPS) is 17.4. The molecule has 1 heterocycles. The molecule has 0 bridgehead atoms. The van der Waals surface area contributed by atoms with Crippen LogP contribution in [0.4, 0.5) is 4.39 Å². The van der Waals surface area contributed by atoms with Crippen LogP contribution < -0.4 is 11.1 Å². The molecule has 0 radical (unpaired) electrons. The minimum absolute atomic E-state index is 0.123. The second kappa shape index (κ2) is 7.21. The summed E-state index contributed by atoms with van der Waals surface area (Å²) >= 11 is 0. The molecule has 110 valence electrons. The van der Waals surface area contributed by atoms with Crippen LogP contribution in [0.15, 0.2) is 23.4 Å². The van der Waals surface area contributed by atoms with Crippen molar-refractivity contribution in [2.75, 3.05) is 19.8 Å². The Morgan fingerprint density at radius 2 is 2.20 bits per heavy atom. The first-order valence-corrected chi connectivity index (χ1v) is 6.76. The van der Waals surface area contributed by atoms with Crippen molar-refractivity contribution in [2.24, 2.45) is 16.8 Å². The highest BCUT2D eigenvalue weighted by atomic mass is 19.1. The first kappa shape index (κ1) is 14.7. The van der Waals surface area contributed by atoms with Crippen molar-refractivity contribution in [3.05, 3.63) is 35.1 Å². The lowest BCUT2D eigenvalue weighted by molar-refractivity contribution is 0.0662. The number of benzene rings is 1. The third kappa shape index (κ3) is 3.68. The van der Waals surface area contributed by atoms with Gasteiger partial charge in [-0.05, 0) is 31.4 Å². The van der Waals surface area contributed by atoms with Crippen LogP contribution in [0, 0.1) is 11.7 Å². The zero-order valence-corrected chi connectivity index (χ0v) is 11.3. The number of ether oxygens (including phenoxy) is 1. The molecule has 20 heavy (non-hydrogen) atoms. The first-order valence-electron chi connectivity index (χ1n) is 6.76. The summed E-state index contributed by atoms with van der Waals surface area (Å²) in [6.45, 7) is 2.88.